The molecule has 2 rings (SSSR count). The largest absolute Gasteiger partial charge is 0.383 e. The van der Waals surface area contributed by atoms with Crippen molar-refractivity contribution in [3.05, 3.63) is 53.9 Å². The van der Waals surface area contributed by atoms with Crippen molar-refractivity contribution >= 4 is 5.91 Å². The van der Waals surface area contributed by atoms with E-state index >= 15 is 0 Å². The van der Waals surface area contributed by atoms with Crippen LogP contribution in [0.3, 0.4) is 0 Å². The predicted molar refractivity (Wildman–Crippen MR) is 84.3 cm³/mol. The molecule has 0 aliphatic carbocycles. The van der Waals surface area contributed by atoms with Crippen molar-refractivity contribution in [1.29, 1.82) is 0 Å². The molecule has 0 aliphatic heterocycles. The summed E-state index contributed by atoms with van der Waals surface area (Å²) in [5.74, 6) is 0.195. The van der Waals surface area contributed by atoms with Crippen molar-refractivity contribution in [3.8, 4) is 0 Å². The zero-order valence-electron chi connectivity index (χ0n) is 13.3. The van der Waals surface area contributed by atoms with Crippen LogP contribution in [0.5, 0.6) is 0 Å². The number of aryl methyl sites for hydroxylation is 1. The van der Waals surface area contributed by atoms with Gasteiger partial charge in [-0.05, 0) is 17.7 Å². The quantitative estimate of drug-likeness (QED) is 0.712. The average Bonchev–Trinajstić information content (AvgIpc) is 2.96. The summed E-state index contributed by atoms with van der Waals surface area (Å²) >= 11 is 0. The summed E-state index contributed by atoms with van der Waals surface area (Å²) in [6.45, 7) is 1.30. The molecule has 1 heterocycles. The Morgan fingerprint density at radius 2 is 2.13 bits per heavy atom. The van der Waals surface area contributed by atoms with Gasteiger partial charge in [-0.15, -0.1) is 0 Å². The third-order valence-corrected chi connectivity index (χ3v) is 3.39. The normalized spacial score (nSPS) is 12.1. The van der Waals surface area contributed by atoms with Crippen LogP contribution in [0.25, 0.3) is 0 Å². The molecule has 23 heavy (non-hydrogen) atoms. The van der Waals surface area contributed by atoms with Gasteiger partial charge in [0.1, 0.15) is 17.7 Å². The minimum Gasteiger partial charge on any atom is -0.383 e. The molecule has 0 aliphatic rings. The van der Waals surface area contributed by atoms with Gasteiger partial charge in [-0.1, -0.05) is 12.1 Å². The van der Waals surface area contributed by atoms with Gasteiger partial charge in [0.2, 0.25) is 5.91 Å². The van der Waals surface area contributed by atoms with E-state index in [1.807, 2.05) is 11.6 Å². The minimum absolute atomic E-state index is 0.168. The van der Waals surface area contributed by atoms with E-state index < -0.39 is 6.04 Å². The van der Waals surface area contributed by atoms with Crippen molar-refractivity contribution in [1.82, 2.24) is 20.2 Å². The lowest BCUT2D eigenvalue weighted by Gasteiger charge is -2.19. The monoisotopic (exact) mass is 320 g/mol. The number of hydrogen-bond donors (Lipinski definition) is 2. The second-order valence-corrected chi connectivity index (χ2v) is 5.12. The lowest BCUT2D eigenvalue weighted by atomic mass is 10.1. The van der Waals surface area contributed by atoms with E-state index in [0.717, 1.165) is 5.56 Å². The molecule has 2 aromatic rings. The number of benzene rings is 1. The SMILES string of the molecule is COCCNCC(=O)NC(c1ccc(F)cc1)c1nccn1C. The van der Waals surface area contributed by atoms with Gasteiger partial charge in [0.25, 0.3) is 0 Å². The fourth-order valence-electron chi connectivity index (χ4n) is 2.20. The number of aromatic nitrogens is 2. The first-order chi connectivity index (χ1) is 11.1. The van der Waals surface area contributed by atoms with Gasteiger partial charge < -0.3 is 19.9 Å². The number of nitrogens with zero attached hydrogens (tertiary/aromatic N) is 2. The smallest absolute Gasteiger partial charge is 0.234 e. The summed E-state index contributed by atoms with van der Waals surface area (Å²) in [4.78, 5) is 16.4. The first-order valence-electron chi connectivity index (χ1n) is 7.33. The molecule has 0 spiro atoms. The van der Waals surface area contributed by atoms with Crippen LogP contribution in [-0.4, -0.2) is 42.3 Å². The van der Waals surface area contributed by atoms with Gasteiger partial charge in [-0.25, -0.2) is 9.37 Å². The van der Waals surface area contributed by atoms with Gasteiger partial charge in [0.15, 0.2) is 0 Å². The van der Waals surface area contributed by atoms with E-state index in [0.29, 0.717) is 19.0 Å². The third kappa shape index (κ3) is 4.87. The summed E-state index contributed by atoms with van der Waals surface area (Å²) in [5, 5.41) is 5.91. The van der Waals surface area contributed by atoms with Crippen LogP contribution in [0.15, 0.2) is 36.7 Å². The van der Waals surface area contributed by atoms with Crippen molar-refractivity contribution < 1.29 is 13.9 Å². The maximum Gasteiger partial charge on any atom is 0.234 e. The maximum absolute atomic E-state index is 13.1. The van der Waals surface area contributed by atoms with Crippen molar-refractivity contribution in [2.45, 2.75) is 6.04 Å². The topological polar surface area (TPSA) is 68.2 Å². The Bertz CT molecular complexity index is 627. The van der Waals surface area contributed by atoms with Crippen LogP contribution < -0.4 is 10.6 Å². The summed E-state index contributed by atoms with van der Waals surface area (Å²) in [5.41, 5.74) is 0.769. The van der Waals surface area contributed by atoms with E-state index in [-0.39, 0.29) is 18.3 Å². The summed E-state index contributed by atoms with van der Waals surface area (Å²) in [6.07, 6.45) is 3.46. The third-order valence-electron chi connectivity index (χ3n) is 3.39. The number of ether oxygens (including phenoxy) is 1. The van der Waals surface area contributed by atoms with Crippen LogP contribution in [0.2, 0.25) is 0 Å². The van der Waals surface area contributed by atoms with E-state index in [1.54, 1.807) is 31.6 Å². The molecule has 0 saturated carbocycles. The zero-order chi connectivity index (χ0) is 16.7. The van der Waals surface area contributed by atoms with Crippen LogP contribution >= 0.6 is 0 Å². The lowest BCUT2D eigenvalue weighted by molar-refractivity contribution is -0.120. The molecular formula is C16H21FN4O2. The number of halogens is 1. The molecule has 1 aromatic carbocycles. The highest BCUT2D eigenvalue weighted by Crippen LogP contribution is 2.20. The molecule has 1 aromatic heterocycles. The van der Waals surface area contributed by atoms with Crippen LogP contribution in [0, 0.1) is 5.82 Å². The van der Waals surface area contributed by atoms with E-state index in [2.05, 4.69) is 15.6 Å². The number of nitrogens with one attached hydrogen (secondary N) is 2. The van der Waals surface area contributed by atoms with Gasteiger partial charge in [0.05, 0.1) is 13.2 Å². The molecule has 6 nitrogen and oxygen atoms in total. The standard InChI is InChI=1S/C16H21FN4O2/c1-21-9-7-19-16(21)15(12-3-5-13(17)6-4-12)20-14(22)11-18-8-10-23-2/h3-7,9,15,18H,8,10-11H2,1-2H3,(H,20,22). The fraction of sp³-hybridized carbons (Fsp3) is 0.375. The molecule has 0 bridgehead atoms. The predicted octanol–water partition coefficient (Wildman–Crippen LogP) is 1.00. The first-order valence-corrected chi connectivity index (χ1v) is 7.33. The highest BCUT2D eigenvalue weighted by atomic mass is 19.1. The molecule has 1 amide bonds. The Hall–Kier alpha value is -2.25. The molecule has 124 valence electrons. The van der Waals surface area contributed by atoms with Crippen molar-refractivity contribution in [3.63, 3.8) is 0 Å². The fourth-order valence-corrected chi connectivity index (χ4v) is 2.20. The van der Waals surface area contributed by atoms with E-state index in [9.17, 15) is 9.18 Å². The summed E-state index contributed by atoms with van der Waals surface area (Å²) in [7, 11) is 3.45. The van der Waals surface area contributed by atoms with Crippen LogP contribution in [-0.2, 0) is 16.6 Å². The van der Waals surface area contributed by atoms with E-state index in [4.69, 9.17) is 4.74 Å². The zero-order valence-corrected chi connectivity index (χ0v) is 13.3. The number of rotatable bonds is 8. The lowest BCUT2D eigenvalue weighted by Crippen LogP contribution is -2.38. The Morgan fingerprint density at radius 3 is 2.74 bits per heavy atom. The highest BCUT2D eigenvalue weighted by molar-refractivity contribution is 5.78. The second-order valence-electron chi connectivity index (χ2n) is 5.12. The number of carbonyl (C=O) groups is 1. The number of hydrogen-bond acceptors (Lipinski definition) is 4. The Morgan fingerprint density at radius 1 is 1.39 bits per heavy atom. The molecule has 2 N–H and O–H groups in total. The highest BCUT2D eigenvalue weighted by Gasteiger charge is 2.20. The Labute approximate surface area is 134 Å². The van der Waals surface area contributed by atoms with Crippen molar-refractivity contribution in [2.24, 2.45) is 7.05 Å². The maximum atomic E-state index is 13.1. The molecular weight excluding hydrogens is 299 g/mol. The Balaban J connectivity index is 2.10. The first kappa shape index (κ1) is 17.1. The molecule has 0 saturated heterocycles. The van der Waals surface area contributed by atoms with Crippen LogP contribution in [0.4, 0.5) is 4.39 Å². The van der Waals surface area contributed by atoms with Gasteiger partial charge >= 0.3 is 0 Å². The average molecular weight is 320 g/mol. The van der Waals surface area contributed by atoms with Crippen LogP contribution in [0.1, 0.15) is 17.4 Å². The van der Waals surface area contributed by atoms with Gasteiger partial charge in [-0.3, -0.25) is 4.79 Å². The minimum atomic E-state index is -0.438. The van der Waals surface area contributed by atoms with Gasteiger partial charge in [-0.2, -0.15) is 0 Å². The number of methoxy groups -OCH3 is 1. The number of carbonyl (C=O) groups excluding carboxylic acids is 1. The molecule has 1 atom stereocenters. The summed E-state index contributed by atoms with van der Waals surface area (Å²) in [6, 6.07) is 5.59. The molecule has 0 fully saturated rings. The Kier molecular flexibility index (Phi) is 6.25. The number of imidazole rings is 1. The molecule has 1 unspecified atom stereocenters. The molecule has 0 radical (unpaired) electrons. The molecule has 7 heteroatoms. The van der Waals surface area contributed by atoms with Gasteiger partial charge in [0, 0.05) is 33.1 Å². The second kappa shape index (κ2) is 8.40. The summed E-state index contributed by atoms with van der Waals surface area (Å²) < 4.78 is 19.9. The number of amides is 1. The van der Waals surface area contributed by atoms with Crippen molar-refractivity contribution in [2.75, 3.05) is 26.8 Å². The van der Waals surface area contributed by atoms with E-state index in [1.165, 1.54) is 12.1 Å².